The Morgan fingerprint density at radius 3 is 2.37 bits per heavy atom. The van der Waals surface area contributed by atoms with Crippen LogP contribution in [0.3, 0.4) is 0 Å². The normalized spacial score (nSPS) is 25.1. The van der Waals surface area contributed by atoms with Gasteiger partial charge in [-0.25, -0.2) is 0 Å². The Labute approximate surface area is 157 Å². The van der Waals surface area contributed by atoms with Gasteiger partial charge in [0, 0.05) is 24.9 Å². The summed E-state index contributed by atoms with van der Waals surface area (Å²) in [5.41, 5.74) is 3.55. The van der Waals surface area contributed by atoms with Gasteiger partial charge in [-0.2, -0.15) is 13.2 Å². The number of alkyl halides is 3. The van der Waals surface area contributed by atoms with Crippen LogP contribution in [-0.4, -0.2) is 23.9 Å². The zero-order chi connectivity index (χ0) is 19.4. The van der Waals surface area contributed by atoms with Crippen molar-refractivity contribution in [1.82, 2.24) is 4.90 Å². The molecule has 2 aromatic rings. The number of piperidine rings is 1. The van der Waals surface area contributed by atoms with Crippen molar-refractivity contribution in [1.29, 1.82) is 0 Å². The van der Waals surface area contributed by atoms with E-state index in [2.05, 4.69) is 19.1 Å². The second-order valence-corrected chi connectivity index (χ2v) is 7.92. The van der Waals surface area contributed by atoms with Crippen molar-refractivity contribution in [2.24, 2.45) is 0 Å². The molecule has 4 rings (SSSR count). The highest BCUT2D eigenvalue weighted by Gasteiger charge is 2.46. The standard InChI is InChI=1S/C22H22F3NO/c1-21-12-11-20(27)26(2)19(21)10-6-16-13-15(5-9-18(16)21)14-3-7-17(8-4-14)22(23,24)25/h3-5,7-9,13,19H,6,10-12H2,1-2H3/t19-,21-/m1/s1. The number of amides is 1. The number of aryl methyl sites for hydroxylation is 1. The van der Waals surface area contributed by atoms with Crippen LogP contribution in [0, 0.1) is 0 Å². The molecule has 1 amide bonds. The van der Waals surface area contributed by atoms with Crippen LogP contribution in [-0.2, 0) is 22.8 Å². The third-order valence-corrected chi connectivity index (χ3v) is 6.41. The monoisotopic (exact) mass is 373 g/mol. The molecular formula is C22H22F3NO. The summed E-state index contributed by atoms with van der Waals surface area (Å²) in [5, 5.41) is 0. The molecule has 2 nitrogen and oxygen atoms in total. The molecule has 2 aromatic carbocycles. The maximum Gasteiger partial charge on any atom is 0.416 e. The summed E-state index contributed by atoms with van der Waals surface area (Å²) >= 11 is 0. The lowest BCUT2D eigenvalue weighted by Crippen LogP contribution is -2.56. The van der Waals surface area contributed by atoms with Crippen LogP contribution in [0.25, 0.3) is 11.1 Å². The molecule has 0 bridgehead atoms. The van der Waals surface area contributed by atoms with E-state index in [9.17, 15) is 18.0 Å². The van der Waals surface area contributed by atoms with Crippen molar-refractivity contribution in [3.05, 3.63) is 59.2 Å². The fraction of sp³-hybridized carbons (Fsp3) is 0.409. The van der Waals surface area contributed by atoms with Crippen LogP contribution in [0.1, 0.15) is 42.9 Å². The Morgan fingerprint density at radius 2 is 1.70 bits per heavy atom. The van der Waals surface area contributed by atoms with E-state index in [-0.39, 0.29) is 17.4 Å². The predicted octanol–water partition coefficient (Wildman–Crippen LogP) is 5.20. The van der Waals surface area contributed by atoms with Crippen molar-refractivity contribution in [2.45, 2.75) is 50.2 Å². The van der Waals surface area contributed by atoms with Crippen molar-refractivity contribution in [2.75, 3.05) is 7.05 Å². The molecule has 27 heavy (non-hydrogen) atoms. The van der Waals surface area contributed by atoms with E-state index in [1.54, 1.807) is 0 Å². The third-order valence-electron chi connectivity index (χ3n) is 6.41. The molecule has 0 aromatic heterocycles. The molecule has 0 radical (unpaired) electrons. The number of carbonyl (C=O) groups excluding carboxylic acids is 1. The quantitative estimate of drug-likeness (QED) is 0.673. The lowest BCUT2D eigenvalue weighted by Gasteiger charge is -2.50. The first-order valence-electron chi connectivity index (χ1n) is 9.27. The molecule has 0 N–H and O–H groups in total. The minimum absolute atomic E-state index is 0.0606. The van der Waals surface area contributed by atoms with Gasteiger partial charge in [-0.1, -0.05) is 37.3 Å². The van der Waals surface area contributed by atoms with Crippen LogP contribution in [0.4, 0.5) is 13.2 Å². The number of benzene rings is 2. The van der Waals surface area contributed by atoms with E-state index in [0.29, 0.717) is 6.42 Å². The number of rotatable bonds is 1. The molecule has 1 saturated heterocycles. The lowest BCUT2D eigenvalue weighted by atomic mass is 9.63. The molecule has 142 valence electrons. The van der Waals surface area contributed by atoms with Crippen LogP contribution >= 0.6 is 0 Å². The highest BCUT2D eigenvalue weighted by molar-refractivity contribution is 5.78. The van der Waals surface area contributed by atoms with Gasteiger partial charge in [0.1, 0.15) is 0 Å². The SMILES string of the molecule is CN1C(=O)CC[C@]2(C)c3ccc(-c4ccc(C(F)(F)F)cc4)cc3CC[C@@H]12. The molecule has 2 aliphatic rings. The maximum atomic E-state index is 12.8. The number of fused-ring (bicyclic) bond motifs is 3. The van der Waals surface area contributed by atoms with Crippen LogP contribution in [0.5, 0.6) is 0 Å². The average molecular weight is 373 g/mol. The number of likely N-dealkylation sites (N-methyl/N-ethyl adjacent to an activating group) is 1. The average Bonchev–Trinajstić information content (AvgIpc) is 2.64. The van der Waals surface area contributed by atoms with Crippen LogP contribution in [0.15, 0.2) is 42.5 Å². The van der Waals surface area contributed by atoms with Gasteiger partial charge in [0.15, 0.2) is 0 Å². The smallest absolute Gasteiger partial charge is 0.342 e. The van der Waals surface area contributed by atoms with E-state index in [1.165, 1.54) is 23.3 Å². The van der Waals surface area contributed by atoms with Gasteiger partial charge in [0.25, 0.3) is 0 Å². The summed E-state index contributed by atoms with van der Waals surface area (Å²) in [5.74, 6) is 0.210. The molecule has 1 fully saturated rings. The number of likely N-dealkylation sites (tertiary alicyclic amines) is 1. The van der Waals surface area contributed by atoms with Gasteiger partial charge < -0.3 is 4.90 Å². The van der Waals surface area contributed by atoms with Crippen molar-refractivity contribution >= 4 is 5.91 Å². The number of hydrogen-bond acceptors (Lipinski definition) is 1. The van der Waals surface area contributed by atoms with Crippen molar-refractivity contribution in [3.8, 4) is 11.1 Å². The van der Waals surface area contributed by atoms with E-state index in [0.717, 1.165) is 42.5 Å². The number of halogens is 3. The Bertz CT molecular complexity index is 887. The Morgan fingerprint density at radius 1 is 1.04 bits per heavy atom. The second-order valence-electron chi connectivity index (χ2n) is 7.92. The van der Waals surface area contributed by atoms with Gasteiger partial charge in [0.05, 0.1) is 5.56 Å². The molecule has 5 heteroatoms. The third kappa shape index (κ3) is 2.93. The summed E-state index contributed by atoms with van der Waals surface area (Å²) in [6.45, 7) is 2.23. The first-order valence-corrected chi connectivity index (χ1v) is 9.27. The van der Waals surface area contributed by atoms with Crippen LogP contribution < -0.4 is 0 Å². The van der Waals surface area contributed by atoms with E-state index in [4.69, 9.17) is 0 Å². The molecular weight excluding hydrogens is 351 g/mol. The van der Waals surface area contributed by atoms with Crippen LogP contribution in [0.2, 0.25) is 0 Å². The minimum atomic E-state index is -4.32. The van der Waals surface area contributed by atoms with Gasteiger partial charge >= 0.3 is 6.18 Å². The van der Waals surface area contributed by atoms with Gasteiger partial charge in [-0.15, -0.1) is 0 Å². The van der Waals surface area contributed by atoms with Crippen molar-refractivity contribution in [3.63, 3.8) is 0 Å². The molecule has 1 aliphatic heterocycles. The predicted molar refractivity (Wildman–Crippen MR) is 98.3 cm³/mol. The van der Waals surface area contributed by atoms with Gasteiger partial charge in [-0.3, -0.25) is 4.79 Å². The Balaban J connectivity index is 1.68. The topological polar surface area (TPSA) is 20.3 Å². The zero-order valence-electron chi connectivity index (χ0n) is 15.4. The number of hydrogen-bond donors (Lipinski definition) is 0. The van der Waals surface area contributed by atoms with E-state index >= 15 is 0 Å². The summed E-state index contributed by atoms with van der Waals surface area (Å²) in [6.07, 6.45) is -1.12. The van der Waals surface area contributed by atoms with Gasteiger partial charge in [0.2, 0.25) is 5.91 Å². The first kappa shape index (κ1) is 18.1. The van der Waals surface area contributed by atoms with E-state index in [1.807, 2.05) is 18.0 Å². The number of nitrogens with zero attached hydrogens (tertiary/aromatic N) is 1. The minimum Gasteiger partial charge on any atom is -0.342 e. The fourth-order valence-corrected chi connectivity index (χ4v) is 4.82. The summed E-state index contributed by atoms with van der Waals surface area (Å²) < 4.78 is 38.3. The highest BCUT2D eigenvalue weighted by Crippen LogP contribution is 2.46. The molecule has 0 spiro atoms. The van der Waals surface area contributed by atoms with Gasteiger partial charge in [-0.05, 0) is 53.6 Å². The molecule has 1 aliphatic carbocycles. The first-order chi connectivity index (χ1) is 12.7. The largest absolute Gasteiger partial charge is 0.416 e. The molecule has 2 atom stereocenters. The van der Waals surface area contributed by atoms with E-state index < -0.39 is 11.7 Å². The second kappa shape index (κ2) is 6.11. The summed E-state index contributed by atoms with van der Waals surface area (Å²) in [4.78, 5) is 14.0. The molecule has 1 heterocycles. The fourth-order valence-electron chi connectivity index (χ4n) is 4.82. The maximum absolute atomic E-state index is 12.8. The zero-order valence-corrected chi connectivity index (χ0v) is 15.4. The summed E-state index contributed by atoms with van der Waals surface area (Å²) in [6, 6.07) is 11.7. The Hall–Kier alpha value is -2.30. The molecule has 0 saturated carbocycles. The van der Waals surface area contributed by atoms with Crippen molar-refractivity contribution < 1.29 is 18.0 Å². The Kier molecular flexibility index (Phi) is 4.09. The highest BCUT2D eigenvalue weighted by atomic mass is 19.4. The lowest BCUT2D eigenvalue weighted by molar-refractivity contribution is -0.138. The summed E-state index contributed by atoms with van der Waals surface area (Å²) in [7, 11) is 1.89. The number of carbonyl (C=O) groups is 1. The molecule has 0 unspecified atom stereocenters.